The number of hydrogen-bond donors (Lipinski definition) is 1. The van der Waals surface area contributed by atoms with Gasteiger partial charge in [0.05, 0.1) is 18.2 Å². The number of nitrogens with zero attached hydrogens (tertiary/aromatic N) is 2. The zero-order valence-corrected chi connectivity index (χ0v) is 13.7. The number of carbonyl (C=O) groups is 1. The minimum atomic E-state index is -4.94. The molecule has 130 valence electrons. The molecule has 0 saturated heterocycles. The smallest absolute Gasteiger partial charge is 0.338 e. The van der Waals surface area contributed by atoms with Gasteiger partial charge in [0, 0.05) is 6.92 Å². The van der Waals surface area contributed by atoms with Gasteiger partial charge in [0.25, 0.3) is 5.82 Å². The Morgan fingerprint density at radius 2 is 1.79 bits per heavy atom. The van der Waals surface area contributed by atoms with Gasteiger partial charge in [-0.2, -0.15) is 0 Å². The van der Waals surface area contributed by atoms with Gasteiger partial charge < -0.3 is 10.5 Å². The highest BCUT2D eigenvalue weighted by Crippen LogP contribution is 2.09. The monoisotopic (exact) mass is 357 g/mol. The lowest BCUT2D eigenvalue weighted by atomic mass is 10.2. The molecule has 2 rings (SSSR count). The summed E-state index contributed by atoms with van der Waals surface area (Å²) in [7, 11) is -3.08. The van der Waals surface area contributed by atoms with E-state index in [1.165, 1.54) is 0 Å². The van der Waals surface area contributed by atoms with Crippen molar-refractivity contribution in [3.8, 4) is 0 Å². The molecule has 2 aromatic rings. The van der Waals surface area contributed by atoms with Crippen LogP contribution in [0, 0.1) is 17.2 Å². The third-order valence-electron chi connectivity index (χ3n) is 2.84. The first kappa shape index (κ1) is 19.7. The van der Waals surface area contributed by atoms with Gasteiger partial charge in [-0.15, -0.1) is 10.2 Å². The van der Waals surface area contributed by atoms with Crippen LogP contribution in [0.2, 0.25) is 0 Å². The minimum absolute atomic E-state index is 0.112. The van der Waals surface area contributed by atoms with E-state index < -0.39 is 10.2 Å². The highest BCUT2D eigenvalue weighted by Gasteiger charge is 2.14. The molecule has 0 bridgehead atoms. The van der Waals surface area contributed by atoms with Crippen LogP contribution in [-0.2, 0) is 18.4 Å². The molecule has 1 aromatic heterocycles. The average molecular weight is 358 g/mol. The van der Waals surface area contributed by atoms with Gasteiger partial charge in [-0.3, -0.25) is 0 Å². The van der Waals surface area contributed by atoms with Gasteiger partial charge in [-0.25, -0.2) is 28.0 Å². The van der Waals surface area contributed by atoms with Gasteiger partial charge >= 0.3 is 5.97 Å². The summed E-state index contributed by atoms with van der Waals surface area (Å²) in [6.07, 6.45) is 1.82. The standard InChI is InChI=1S/C14H15N3O2.ClHO4/c1-10-16-13(15)12(8-17(10)2)9-19-14(18)11-6-4-3-5-7-11;2-1(3,4)5/h3-8,15H,9H2,1-2H3;(H,2,3,4,5). The number of ether oxygens (including phenoxy) is 1. The molecular formula is C14H16ClN3O6. The van der Waals surface area contributed by atoms with Gasteiger partial charge in [-0.05, 0) is 17.1 Å². The van der Waals surface area contributed by atoms with Crippen molar-refractivity contribution in [3.05, 3.63) is 53.5 Å². The molecule has 1 heterocycles. The second kappa shape index (κ2) is 8.52. The molecule has 0 atom stereocenters. The zero-order chi connectivity index (χ0) is 18.3. The van der Waals surface area contributed by atoms with Gasteiger partial charge in [0.1, 0.15) is 12.8 Å². The van der Waals surface area contributed by atoms with Crippen LogP contribution >= 0.6 is 0 Å². The number of nitrogens with two attached hydrogens (primary N) is 1. The molecule has 0 amide bonds. The van der Waals surface area contributed by atoms with Crippen LogP contribution in [0.15, 0.2) is 36.5 Å². The van der Waals surface area contributed by atoms with Crippen LogP contribution in [-0.4, -0.2) is 11.0 Å². The summed E-state index contributed by atoms with van der Waals surface area (Å²) in [6.45, 7) is 1.97. The highest BCUT2D eigenvalue weighted by atomic mass is 35.7. The summed E-state index contributed by atoms with van der Waals surface area (Å²) in [5.74, 6) is 0.815. The summed E-state index contributed by atoms with van der Waals surface area (Å²) in [5, 5.41) is 0. The number of carbonyl (C=O) groups excluding carboxylic acids is 1. The van der Waals surface area contributed by atoms with E-state index in [9.17, 15) is 4.79 Å². The molecule has 0 aliphatic heterocycles. The van der Waals surface area contributed by atoms with E-state index in [4.69, 9.17) is 29.1 Å². The first-order chi connectivity index (χ1) is 11.1. The van der Waals surface area contributed by atoms with Crippen molar-refractivity contribution in [3.63, 3.8) is 0 Å². The predicted octanol–water partition coefficient (Wildman–Crippen LogP) is -3.60. The Kier molecular flexibility index (Phi) is 7.01. The maximum absolute atomic E-state index is 11.8. The Morgan fingerprint density at radius 1 is 1.25 bits per heavy atom. The van der Waals surface area contributed by atoms with Crippen molar-refractivity contribution >= 4 is 11.8 Å². The third-order valence-corrected chi connectivity index (χ3v) is 2.84. The maximum atomic E-state index is 11.8. The van der Waals surface area contributed by atoms with Crippen molar-refractivity contribution in [2.24, 2.45) is 7.05 Å². The van der Waals surface area contributed by atoms with Crippen LogP contribution in [0.5, 0.6) is 0 Å². The molecule has 10 heteroatoms. The van der Waals surface area contributed by atoms with Crippen molar-refractivity contribution in [1.82, 2.24) is 4.98 Å². The molecule has 2 N–H and O–H groups in total. The highest BCUT2D eigenvalue weighted by molar-refractivity contribution is 5.89. The number of nitrogen functional groups attached to an aromatic ring is 1. The number of halogens is 1. The average Bonchev–Trinajstić information content (AvgIpc) is 2.48. The summed E-state index contributed by atoms with van der Waals surface area (Å²) < 4.78 is 41.0. The van der Waals surface area contributed by atoms with Crippen molar-refractivity contribution in [2.45, 2.75) is 13.5 Å². The van der Waals surface area contributed by atoms with Crippen LogP contribution in [0.1, 0.15) is 21.7 Å². The molecule has 0 unspecified atom stereocenters. The second-order valence-corrected chi connectivity index (χ2v) is 5.39. The zero-order valence-electron chi connectivity index (χ0n) is 13.0. The SMILES string of the molecule is Cc1nc(N)c(COC(=O)c2ccccc2)c[n+]1C.[O-][Cl+3]([O-])([O-])[O-]. The fraction of sp³-hybridized carbons (Fsp3) is 0.214. The van der Waals surface area contributed by atoms with E-state index in [1.807, 2.05) is 30.8 Å². The summed E-state index contributed by atoms with van der Waals surface area (Å²) in [6, 6.07) is 8.84. The number of aryl methyl sites for hydroxylation is 2. The van der Waals surface area contributed by atoms with Crippen molar-refractivity contribution in [2.75, 3.05) is 5.73 Å². The molecule has 0 aliphatic rings. The quantitative estimate of drug-likeness (QED) is 0.435. The summed E-state index contributed by atoms with van der Waals surface area (Å²) in [4.78, 5) is 16.0. The van der Waals surface area contributed by atoms with Gasteiger partial charge in [-0.1, -0.05) is 18.2 Å². The van der Waals surface area contributed by atoms with E-state index in [0.29, 0.717) is 16.9 Å². The van der Waals surface area contributed by atoms with Gasteiger partial charge in [0.15, 0.2) is 0 Å². The predicted molar refractivity (Wildman–Crippen MR) is 70.1 cm³/mol. The molecule has 0 aliphatic carbocycles. The maximum Gasteiger partial charge on any atom is 0.338 e. The third kappa shape index (κ3) is 7.31. The molecule has 9 nitrogen and oxygen atoms in total. The van der Waals surface area contributed by atoms with Crippen LogP contribution in [0.4, 0.5) is 5.82 Å². The number of anilines is 1. The van der Waals surface area contributed by atoms with Crippen LogP contribution < -0.4 is 28.9 Å². The Balaban J connectivity index is 0.000000505. The molecule has 24 heavy (non-hydrogen) atoms. The number of rotatable bonds is 3. The fourth-order valence-corrected chi connectivity index (χ4v) is 1.63. The summed E-state index contributed by atoms with van der Waals surface area (Å²) >= 11 is 0. The van der Waals surface area contributed by atoms with E-state index in [0.717, 1.165) is 5.82 Å². The number of esters is 1. The first-order valence-corrected chi connectivity index (χ1v) is 7.77. The van der Waals surface area contributed by atoms with Crippen molar-refractivity contribution < 1.29 is 43.0 Å². The molecule has 0 spiro atoms. The topological polar surface area (TPSA) is 161 Å². The lowest BCUT2D eigenvalue weighted by Crippen LogP contribution is -2.68. The number of hydrogen-bond acceptors (Lipinski definition) is 8. The molecule has 0 fully saturated rings. The number of benzene rings is 1. The lowest BCUT2D eigenvalue weighted by Gasteiger charge is -2.17. The Hall–Kier alpha value is -2.30. The Labute approximate surface area is 140 Å². The Morgan fingerprint density at radius 3 is 2.33 bits per heavy atom. The molecular weight excluding hydrogens is 342 g/mol. The summed E-state index contributed by atoms with van der Waals surface area (Å²) in [5.41, 5.74) is 7.01. The van der Waals surface area contributed by atoms with E-state index in [-0.39, 0.29) is 12.6 Å². The Bertz CT molecular complexity index is 685. The largest absolute Gasteiger partial charge is 0.457 e. The number of aromatic nitrogens is 2. The molecule has 0 saturated carbocycles. The molecule has 1 aromatic carbocycles. The van der Waals surface area contributed by atoms with Crippen LogP contribution in [0.3, 0.4) is 0 Å². The van der Waals surface area contributed by atoms with E-state index in [2.05, 4.69) is 4.98 Å². The first-order valence-electron chi connectivity index (χ1n) is 6.53. The van der Waals surface area contributed by atoms with E-state index >= 15 is 0 Å². The second-order valence-electron chi connectivity index (χ2n) is 4.63. The normalized spacial score (nSPS) is 10.6. The van der Waals surface area contributed by atoms with Crippen molar-refractivity contribution in [1.29, 1.82) is 0 Å². The minimum Gasteiger partial charge on any atom is -0.457 e. The van der Waals surface area contributed by atoms with E-state index in [1.54, 1.807) is 24.3 Å². The fourth-order valence-electron chi connectivity index (χ4n) is 1.63. The lowest BCUT2D eigenvalue weighted by molar-refractivity contribution is -2.00. The van der Waals surface area contributed by atoms with Crippen LogP contribution in [0.25, 0.3) is 0 Å². The molecule has 0 radical (unpaired) electrons. The van der Waals surface area contributed by atoms with Gasteiger partial charge in [0.2, 0.25) is 5.82 Å².